The van der Waals surface area contributed by atoms with Crippen LogP contribution in [0.1, 0.15) is 96.8 Å². The Morgan fingerprint density at radius 3 is 2.27 bits per heavy atom. The van der Waals surface area contributed by atoms with Crippen LogP contribution >= 0.6 is 15.9 Å². The highest BCUT2D eigenvalue weighted by Gasteiger charge is 2.10. The fourth-order valence-corrected chi connectivity index (χ4v) is 4.59. The zero-order chi connectivity index (χ0) is 26.6. The van der Waals surface area contributed by atoms with Gasteiger partial charge in [0.15, 0.2) is 5.96 Å². The summed E-state index contributed by atoms with van der Waals surface area (Å²) in [6.45, 7) is 3.95. The summed E-state index contributed by atoms with van der Waals surface area (Å²) >= 11 is 3.54. The van der Waals surface area contributed by atoms with E-state index < -0.39 is 5.97 Å². The van der Waals surface area contributed by atoms with Crippen LogP contribution < -0.4 is 10.6 Å². The molecule has 204 valence electrons. The average molecular weight is 575 g/mol. The van der Waals surface area contributed by atoms with Crippen molar-refractivity contribution in [3.8, 4) is 0 Å². The number of carboxylic acid groups (broad SMARTS) is 1. The lowest BCUT2D eigenvalue weighted by Crippen LogP contribution is -2.26. The predicted octanol–water partition coefficient (Wildman–Crippen LogP) is 7.87. The van der Waals surface area contributed by atoms with Gasteiger partial charge >= 0.3 is 5.97 Å². The minimum atomic E-state index is -0.664. The highest BCUT2D eigenvalue weighted by Crippen LogP contribution is 2.28. The topological polar surface area (TPSA) is 99.5 Å². The molecule has 0 fully saturated rings. The summed E-state index contributed by atoms with van der Waals surface area (Å²) in [7, 11) is 0. The molecule has 0 spiro atoms. The smallest absolute Gasteiger partial charge is 0.303 e. The fourth-order valence-electron chi connectivity index (χ4n) is 4.06. The number of hydrogen-bond donors (Lipinski definition) is 3. The number of carboxylic acids is 1. The third kappa shape index (κ3) is 13.6. The number of aliphatic imine (C=N–C) groups is 1. The molecule has 3 rings (SSSR count). The quantitative estimate of drug-likeness (QED) is 0.139. The van der Waals surface area contributed by atoms with Crippen LogP contribution in [-0.2, 0) is 4.79 Å². The van der Waals surface area contributed by atoms with E-state index in [2.05, 4.69) is 60.6 Å². The van der Waals surface area contributed by atoms with E-state index in [1.165, 1.54) is 70.6 Å². The van der Waals surface area contributed by atoms with Crippen molar-refractivity contribution in [2.75, 3.05) is 18.4 Å². The number of nitrogens with zero attached hydrogens (tertiary/aromatic N) is 3. The molecular formula is C29H44BrN5O2. The maximum atomic E-state index is 10.3. The van der Waals surface area contributed by atoms with Crippen LogP contribution in [0.15, 0.2) is 46.1 Å². The van der Waals surface area contributed by atoms with Gasteiger partial charge in [0.1, 0.15) is 5.52 Å². The first kappa shape index (κ1) is 30.7. The Morgan fingerprint density at radius 2 is 1.62 bits per heavy atom. The van der Waals surface area contributed by atoms with Gasteiger partial charge in [-0.15, -0.1) is 0 Å². The zero-order valence-electron chi connectivity index (χ0n) is 22.4. The summed E-state index contributed by atoms with van der Waals surface area (Å²) in [5, 5.41) is 14.9. The number of benzene rings is 1. The Hall–Kier alpha value is -2.48. The number of anilines is 1. The summed E-state index contributed by atoms with van der Waals surface area (Å²) in [5.41, 5.74) is 2.65. The summed E-state index contributed by atoms with van der Waals surface area (Å²) in [6, 6.07) is 3.90. The first-order valence-corrected chi connectivity index (χ1v) is 14.7. The van der Waals surface area contributed by atoms with Gasteiger partial charge in [-0.1, -0.05) is 70.4 Å². The first-order valence-electron chi connectivity index (χ1n) is 13.9. The van der Waals surface area contributed by atoms with Crippen LogP contribution in [0.4, 0.5) is 5.69 Å². The molecule has 1 aliphatic heterocycles. The van der Waals surface area contributed by atoms with Gasteiger partial charge in [0.25, 0.3) is 0 Å². The Labute approximate surface area is 230 Å². The van der Waals surface area contributed by atoms with Crippen molar-refractivity contribution in [2.45, 2.75) is 96.8 Å². The fraction of sp³-hybridized carbons (Fsp3) is 0.586. The largest absolute Gasteiger partial charge is 0.481 e. The molecule has 2 aromatic rings. The van der Waals surface area contributed by atoms with Crippen molar-refractivity contribution >= 4 is 44.6 Å². The molecule has 3 N–H and O–H groups in total. The number of guanidine groups is 1. The molecule has 0 saturated carbocycles. The molecule has 1 aromatic carbocycles. The van der Waals surface area contributed by atoms with E-state index in [0.29, 0.717) is 6.42 Å². The lowest BCUT2D eigenvalue weighted by Gasteiger charge is -2.09. The SMILES string of the molecule is Brc1c(NC2=NCCN2)ccc2nccnc12.CCCCCCCC/C=C\CCCCCCCC(=O)O. The van der Waals surface area contributed by atoms with Crippen molar-refractivity contribution in [3.05, 3.63) is 41.2 Å². The summed E-state index contributed by atoms with van der Waals surface area (Å²) in [5.74, 6) is 0.136. The maximum absolute atomic E-state index is 10.3. The summed E-state index contributed by atoms with van der Waals surface area (Å²) in [6.07, 6.45) is 24.6. The summed E-state index contributed by atoms with van der Waals surface area (Å²) in [4.78, 5) is 23.2. The number of halogens is 1. The van der Waals surface area contributed by atoms with Gasteiger partial charge in [0.2, 0.25) is 0 Å². The molecule has 7 nitrogen and oxygen atoms in total. The molecule has 1 aromatic heterocycles. The van der Waals surface area contributed by atoms with E-state index in [9.17, 15) is 4.79 Å². The molecule has 0 aliphatic carbocycles. The Balaban J connectivity index is 0.000000262. The van der Waals surface area contributed by atoms with E-state index in [0.717, 1.165) is 53.1 Å². The molecule has 0 saturated heterocycles. The number of aromatic nitrogens is 2. The van der Waals surface area contributed by atoms with Gasteiger partial charge < -0.3 is 15.7 Å². The van der Waals surface area contributed by atoms with E-state index in [1.807, 2.05) is 12.1 Å². The minimum Gasteiger partial charge on any atom is -0.481 e. The molecule has 0 unspecified atom stereocenters. The lowest BCUT2D eigenvalue weighted by molar-refractivity contribution is -0.137. The molecule has 0 amide bonds. The van der Waals surface area contributed by atoms with Gasteiger partial charge in [0, 0.05) is 25.4 Å². The second kappa shape index (κ2) is 19.6. The first-order chi connectivity index (χ1) is 18.1. The highest BCUT2D eigenvalue weighted by atomic mass is 79.9. The third-order valence-corrected chi connectivity index (χ3v) is 6.96. The van der Waals surface area contributed by atoms with Gasteiger partial charge in [-0.25, -0.2) is 0 Å². The van der Waals surface area contributed by atoms with Crippen molar-refractivity contribution in [1.29, 1.82) is 0 Å². The average Bonchev–Trinajstić information content (AvgIpc) is 3.42. The Bertz CT molecular complexity index is 980. The van der Waals surface area contributed by atoms with Crippen molar-refractivity contribution in [1.82, 2.24) is 15.3 Å². The van der Waals surface area contributed by atoms with Gasteiger partial charge in [0.05, 0.1) is 22.2 Å². The molecule has 8 heteroatoms. The van der Waals surface area contributed by atoms with E-state index in [-0.39, 0.29) is 0 Å². The van der Waals surface area contributed by atoms with Crippen LogP contribution in [0.3, 0.4) is 0 Å². The number of fused-ring (bicyclic) bond motifs is 1. The molecule has 0 bridgehead atoms. The van der Waals surface area contributed by atoms with E-state index in [4.69, 9.17) is 5.11 Å². The minimum absolute atomic E-state index is 0.332. The standard InChI is InChI=1S/C18H34O2.C11H10BrN5/c1-2-3-4-5-6-7-8-9-10-11-12-13-14-15-16-17-18(19)20;12-9-7(17-11-15-5-6-16-11)1-2-8-10(9)14-4-3-13-8/h9-10H,2-8,11-17H2,1H3,(H,19,20);1-4H,5-6H2,(H2,15,16,17)/b10-9-;. The number of unbranched alkanes of at least 4 members (excludes halogenated alkanes) is 11. The number of nitrogens with one attached hydrogen (secondary N) is 2. The van der Waals surface area contributed by atoms with E-state index in [1.54, 1.807) is 12.4 Å². The second-order valence-electron chi connectivity index (χ2n) is 9.36. The predicted molar refractivity (Wildman–Crippen MR) is 158 cm³/mol. The van der Waals surface area contributed by atoms with Crippen LogP contribution in [-0.4, -0.2) is 40.1 Å². The second-order valence-corrected chi connectivity index (χ2v) is 10.2. The monoisotopic (exact) mass is 573 g/mol. The molecule has 0 radical (unpaired) electrons. The van der Waals surface area contributed by atoms with Crippen LogP contribution in [0, 0.1) is 0 Å². The number of rotatable bonds is 16. The van der Waals surface area contributed by atoms with Gasteiger partial charge in [-0.05, 0) is 60.2 Å². The number of carbonyl (C=O) groups is 1. The van der Waals surface area contributed by atoms with Gasteiger partial charge in [-0.2, -0.15) is 0 Å². The molecule has 1 aliphatic rings. The maximum Gasteiger partial charge on any atom is 0.303 e. The number of hydrogen-bond acceptors (Lipinski definition) is 6. The molecular weight excluding hydrogens is 530 g/mol. The van der Waals surface area contributed by atoms with Crippen molar-refractivity contribution in [3.63, 3.8) is 0 Å². The van der Waals surface area contributed by atoms with Crippen LogP contribution in [0.5, 0.6) is 0 Å². The Kier molecular flexibility index (Phi) is 16.3. The number of aliphatic carboxylic acids is 1. The summed E-state index contributed by atoms with van der Waals surface area (Å²) < 4.78 is 0.902. The molecule has 2 heterocycles. The normalized spacial score (nSPS) is 12.8. The third-order valence-electron chi connectivity index (χ3n) is 6.16. The van der Waals surface area contributed by atoms with Crippen LogP contribution in [0.25, 0.3) is 11.0 Å². The van der Waals surface area contributed by atoms with Crippen molar-refractivity contribution in [2.24, 2.45) is 4.99 Å². The van der Waals surface area contributed by atoms with E-state index >= 15 is 0 Å². The zero-order valence-corrected chi connectivity index (χ0v) is 23.9. The molecule has 37 heavy (non-hydrogen) atoms. The van der Waals surface area contributed by atoms with Crippen LogP contribution in [0.2, 0.25) is 0 Å². The lowest BCUT2D eigenvalue weighted by atomic mass is 10.1. The Morgan fingerprint density at radius 1 is 0.973 bits per heavy atom. The number of allylic oxidation sites excluding steroid dienone is 2. The highest BCUT2D eigenvalue weighted by molar-refractivity contribution is 9.10. The van der Waals surface area contributed by atoms with Crippen molar-refractivity contribution < 1.29 is 9.90 Å². The molecule has 0 atom stereocenters. The van der Waals surface area contributed by atoms with Gasteiger partial charge in [-0.3, -0.25) is 19.8 Å².